The summed E-state index contributed by atoms with van der Waals surface area (Å²) in [5.41, 5.74) is -0.137. The first-order chi connectivity index (χ1) is 16.5. The fourth-order valence-electron chi connectivity index (χ4n) is 3.58. The lowest BCUT2D eigenvalue weighted by Gasteiger charge is -2.17. The Morgan fingerprint density at radius 2 is 1.89 bits per heavy atom. The molecule has 13 heteroatoms. The SMILES string of the molecule is CCOc1ccc2nc(NC(=O)CN(C)S(=O)(=O)c3ccc4c(c3)c(=O)n(C)c(=O)n4C)sc2c1. The molecule has 0 saturated heterocycles. The molecule has 1 N–H and O–H groups in total. The molecule has 2 heterocycles. The third kappa shape index (κ3) is 4.57. The van der Waals surface area contributed by atoms with Gasteiger partial charge in [0.15, 0.2) is 5.13 Å². The molecule has 0 aliphatic rings. The molecule has 0 unspecified atom stereocenters. The number of anilines is 1. The largest absolute Gasteiger partial charge is 0.494 e. The summed E-state index contributed by atoms with van der Waals surface area (Å²) in [4.78, 5) is 41.4. The van der Waals surface area contributed by atoms with Crippen LogP contribution in [0, 0.1) is 0 Å². The number of nitrogens with one attached hydrogen (secondary N) is 1. The van der Waals surface area contributed by atoms with Gasteiger partial charge in [0.05, 0.1) is 39.2 Å². The van der Waals surface area contributed by atoms with Crippen molar-refractivity contribution in [3.63, 3.8) is 0 Å². The van der Waals surface area contributed by atoms with Crippen molar-refractivity contribution in [2.45, 2.75) is 11.8 Å². The number of aryl methyl sites for hydroxylation is 1. The average molecular weight is 518 g/mol. The molecule has 0 atom stereocenters. The number of amides is 1. The zero-order chi connectivity index (χ0) is 25.5. The number of nitrogens with zero attached hydrogens (tertiary/aromatic N) is 4. The lowest BCUT2D eigenvalue weighted by atomic mass is 10.2. The van der Waals surface area contributed by atoms with Crippen molar-refractivity contribution < 1.29 is 17.9 Å². The number of sulfonamides is 1. The number of thiazole rings is 1. The number of fused-ring (bicyclic) bond motifs is 2. The molecular formula is C22H23N5O6S2. The van der Waals surface area contributed by atoms with E-state index in [1.54, 1.807) is 12.1 Å². The molecule has 2 aromatic carbocycles. The van der Waals surface area contributed by atoms with Gasteiger partial charge >= 0.3 is 5.69 Å². The maximum Gasteiger partial charge on any atom is 0.330 e. The Labute approximate surface area is 204 Å². The molecule has 0 aliphatic heterocycles. The molecule has 184 valence electrons. The van der Waals surface area contributed by atoms with Crippen LogP contribution in [0.5, 0.6) is 5.75 Å². The van der Waals surface area contributed by atoms with E-state index in [9.17, 15) is 22.8 Å². The predicted molar refractivity (Wildman–Crippen MR) is 134 cm³/mol. The van der Waals surface area contributed by atoms with Gasteiger partial charge in [0.25, 0.3) is 5.56 Å². The normalized spacial score (nSPS) is 11.9. The maximum atomic E-state index is 13.1. The van der Waals surface area contributed by atoms with E-state index in [0.717, 1.165) is 13.6 Å². The zero-order valence-electron chi connectivity index (χ0n) is 19.4. The van der Waals surface area contributed by atoms with Crippen molar-refractivity contribution in [2.75, 3.05) is 25.5 Å². The van der Waals surface area contributed by atoms with Gasteiger partial charge in [0.2, 0.25) is 15.9 Å². The Bertz CT molecular complexity index is 1690. The second-order valence-electron chi connectivity index (χ2n) is 7.78. The monoisotopic (exact) mass is 517 g/mol. The van der Waals surface area contributed by atoms with Gasteiger partial charge in [-0.3, -0.25) is 18.7 Å². The second-order valence-corrected chi connectivity index (χ2v) is 10.9. The smallest absolute Gasteiger partial charge is 0.330 e. The number of aromatic nitrogens is 3. The van der Waals surface area contributed by atoms with E-state index in [-0.39, 0.29) is 10.3 Å². The van der Waals surface area contributed by atoms with Gasteiger partial charge in [0.1, 0.15) is 5.75 Å². The lowest BCUT2D eigenvalue weighted by Crippen LogP contribution is -2.37. The minimum absolute atomic E-state index is 0.0782. The topological polar surface area (TPSA) is 133 Å². The Hall–Kier alpha value is -3.55. The van der Waals surface area contributed by atoms with Crippen LogP contribution >= 0.6 is 11.3 Å². The molecule has 2 aromatic heterocycles. The van der Waals surface area contributed by atoms with Gasteiger partial charge in [0, 0.05) is 21.1 Å². The molecule has 35 heavy (non-hydrogen) atoms. The molecule has 0 radical (unpaired) electrons. The Morgan fingerprint density at radius 1 is 1.14 bits per heavy atom. The van der Waals surface area contributed by atoms with Crippen LogP contribution in [-0.4, -0.2) is 52.9 Å². The van der Waals surface area contributed by atoms with Gasteiger partial charge < -0.3 is 10.1 Å². The van der Waals surface area contributed by atoms with Crippen molar-refractivity contribution in [1.29, 1.82) is 0 Å². The molecule has 1 amide bonds. The number of carbonyl (C=O) groups excluding carboxylic acids is 1. The summed E-state index contributed by atoms with van der Waals surface area (Å²) in [5, 5.41) is 3.04. The molecule has 4 rings (SSSR count). The number of hydrogen-bond acceptors (Lipinski definition) is 8. The summed E-state index contributed by atoms with van der Waals surface area (Å²) >= 11 is 1.25. The third-order valence-corrected chi connectivity index (χ3v) is 8.16. The van der Waals surface area contributed by atoms with Gasteiger partial charge in [-0.1, -0.05) is 11.3 Å². The lowest BCUT2D eigenvalue weighted by molar-refractivity contribution is -0.116. The summed E-state index contributed by atoms with van der Waals surface area (Å²) in [6.07, 6.45) is 0. The van der Waals surface area contributed by atoms with E-state index in [4.69, 9.17) is 4.74 Å². The first-order valence-corrected chi connectivity index (χ1v) is 12.8. The number of carbonyl (C=O) groups is 1. The van der Waals surface area contributed by atoms with Crippen LogP contribution < -0.4 is 21.3 Å². The van der Waals surface area contributed by atoms with Crippen LogP contribution in [0.15, 0.2) is 50.9 Å². The molecule has 0 aliphatic carbocycles. The van der Waals surface area contributed by atoms with Crippen LogP contribution in [0.3, 0.4) is 0 Å². The molecule has 0 fully saturated rings. The van der Waals surface area contributed by atoms with Gasteiger partial charge in [-0.2, -0.15) is 4.31 Å². The number of benzene rings is 2. The fourth-order valence-corrected chi connectivity index (χ4v) is 5.64. The van der Waals surface area contributed by atoms with E-state index >= 15 is 0 Å². The molecule has 0 saturated carbocycles. The Kier molecular flexibility index (Phi) is 6.49. The zero-order valence-corrected chi connectivity index (χ0v) is 21.1. The van der Waals surface area contributed by atoms with E-state index in [1.807, 2.05) is 13.0 Å². The Morgan fingerprint density at radius 3 is 2.60 bits per heavy atom. The number of ether oxygens (including phenoxy) is 1. The van der Waals surface area contributed by atoms with Gasteiger partial charge in [-0.15, -0.1) is 0 Å². The predicted octanol–water partition coefficient (Wildman–Crippen LogP) is 1.50. The summed E-state index contributed by atoms with van der Waals surface area (Å²) in [5.74, 6) is 0.122. The molecule has 4 aromatic rings. The van der Waals surface area contributed by atoms with Crippen molar-refractivity contribution >= 4 is 53.5 Å². The summed E-state index contributed by atoms with van der Waals surface area (Å²) < 4.78 is 35.5. The van der Waals surface area contributed by atoms with Crippen LogP contribution in [-0.2, 0) is 28.9 Å². The first kappa shape index (κ1) is 24.6. The highest BCUT2D eigenvalue weighted by atomic mass is 32.2. The number of likely N-dealkylation sites (N-methyl/N-ethyl adjacent to an activating group) is 1. The molecular weight excluding hydrogens is 494 g/mol. The average Bonchev–Trinajstić information content (AvgIpc) is 3.22. The molecule has 0 bridgehead atoms. The third-order valence-electron chi connectivity index (χ3n) is 5.43. The quantitative estimate of drug-likeness (QED) is 0.393. The molecule has 0 spiro atoms. The van der Waals surface area contributed by atoms with Crippen LogP contribution in [0.2, 0.25) is 0 Å². The van der Waals surface area contributed by atoms with Crippen LogP contribution in [0.25, 0.3) is 21.1 Å². The first-order valence-electron chi connectivity index (χ1n) is 10.5. The van der Waals surface area contributed by atoms with E-state index < -0.39 is 33.7 Å². The molecule has 11 nitrogen and oxygen atoms in total. The number of hydrogen-bond donors (Lipinski definition) is 1. The van der Waals surface area contributed by atoms with Crippen molar-refractivity contribution in [2.24, 2.45) is 14.1 Å². The minimum Gasteiger partial charge on any atom is -0.494 e. The number of rotatable bonds is 7. The van der Waals surface area contributed by atoms with Crippen molar-refractivity contribution in [3.8, 4) is 5.75 Å². The second kappa shape index (κ2) is 9.24. The van der Waals surface area contributed by atoms with E-state index in [1.165, 1.54) is 55.2 Å². The standard InChI is InChI=1S/C22H23N5O6S2/c1-5-33-13-6-8-16-18(10-13)34-21(23-16)24-19(28)12-25(2)35(31,32)14-7-9-17-15(11-14)20(29)27(4)22(30)26(17)3/h6-11H,5,12H2,1-4H3,(H,23,24,28). The van der Waals surface area contributed by atoms with Gasteiger partial charge in [-0.05, 0) is 43.3 Å². The minimum atomic E-state index is -4.10. The van der Waals surface area contributed by atoms with Crippen LogP contribution in [0.4, 0.5) is 5.13 Å². The van der Waals surface area contributed by atoms with Crippen molar-refractivity contribution in [1.82, 2.24) is 18.4 Å². The summed E-state index contributed by atoms with van der Waals surface area (Å²) in [7, 11) is -0.0197. The Balaban J connectivity index is 1.55. The summed E-state index contributed by atoms with van der Waals surface area (Å²) in [6.45, 7) is 1.94. The highest BCUT2D eigenvalue weighted by Crippen LogP contribution is 2.29. The highest BCUT2D eigenvalue weighted by Gasteiger charge is 2.25. The van der Waals surface area contributed by atoms with E-state index in [0.29, 0.717) is 28.5 Å². The van der Waals surface area contributed by atoms with Crippen molar-refractivity contribution in [3.05, 3.63) is 57.2 Å². The fraction of sp³-hybridized carbons (Fsp3) is 0.273. The van der Waals surface area contributed by atoms with Gasteiger partial charge in [-0.25, -0.2) is 18.2 Å². The maximum absolute atomic E-state index is 13.1. The van der Waals surface area contributed by atoms with Crippen LogP contribution in [0.1, 0.15) is 6.92 Å². The van der Waals surface area contributed by atoms with E-state index in [2.05, 4.69) is 10.3 Å². The summed E-state index contributed by atoms with van der Waals surface area (Å²) in [6, 6.07) is 9.30. The highest BCUT2D eigenvalue weighted by molar-refractivity contribution is 7.89.